The van der Waals surface area contributed by atoms with Crippen LogP contribution in [0.5, 0.6) is 0 Å². The maximum Gasteiger partial charge on any atom is 0.416 e. The molecule has 0 spiro atoms. The molecule has 0 fully saturated rings. The Morgan fingerprint density at radius 3 is 2.47 bits per heavy atom. The molecule has 2 heterocycles. The predicted molar refractivity (Wildman–Crippen MR) is 109 cm³/mol. The molecule has 0 atom stereocenters. The van der Waals surface area contributed by atoms with Crippen molar-refractivity contribution in [2.75, 3.05) is 11.6 Å². The number of pyridine rings is 2. The number of rotatable bonds is 4. The van der Waals surface area contributed by atoms with E-state index in [0.29, 0.717) is 16.8 Å². The molecule has 0 saturated carbocycles. The van der Waals surface area contributed by atoms with Crippen molar-refractivity contribution >= 4 is 21.4 Å². The van der Waals surface area contributed by atoms with Crippen LogP contribution in [0, 0.1) is 18.3 Å². The van der Waals surface area contributed by atoms with Crippen molar-refractivity contribution in [2.24, 2.45) is 0 Å². The molecule has 0 radical (unpaired) electrons. The number of nitrogens with one attached hydrogen (secondary N) is 1. The molecule has 164 valence electrons. The van der Waals surface area contributed by atoms with Gasteiger partial charge in [-0.3, -0.25) is 9.78 Å². The van der Waals surface area contributed by atoms with E-state index in [9.17, 15) is 31.6 Å². The summed E-state index contributed by atoms with van der Waals surface area (Å²) >= 11 is 0. The molecule has 3 rings (SSSR count). The van der Waals surface area contributed by atoms with Gasteiger partial charge in [0.2, 0.25) is 0 Å². The van der Waals surface area contributed by atoms with Crippen LogP contribution in [0.2, 0.25) is 0 Å². The van der Waals surface area contributed by atoms with Gasteiger partial charge in [-0.2, -0.15) is 18.4 Å². The lowest BCUT2D eigenvalue weighted by atomic mass is 10.0. The van der Waals surface area contributed by atoms with Crippen LogP contribution in [0.3, 0.4) is 0 Å². The summed E-state index contributed by atoms with van der Waals surface area (Å²) in [4.78, 5) is 20.5. The molecule has 0 aliphatic heterocycles. The Morgan fingerprint density at radius 2 is 1.84 bits per heavy atom. The summed E-state index contributed by atoms with van der Waals surface area (Å²) in [5.41, 5.74) is 0.244. The second-order valence-electron chi connectivity index (χ2n) is 6.85. The largest absolute Gasteiger partial charge is 0.416 e. The topological polar surface area (TPSA) is 113 Å². The fourth-order valence-corrected chi connectivity index (χ4v) is 3.66. The third kappa shape index (κ3) is 4.92. The van der Waals surface area contributed by atoms with Gasteiger partial charge in [-0.05, 0) is 37.3 Å². The highest BCUT2D eigenvalue weighted by Gasteiger charge is 2.31. The number of sulfone groups is 1. The molecule has 2 aromatic heterocycles. The summed E-state index contributed by atoms with van der Waals surface area (Å²) in [6.07, 6.45) is -1.06. The minimum Gasteiger partial charge on any atom is -0.321 e. The van der Waals surface area contributed by atoms with Crippen molar-refractivity contribution < 1.29 is 26.4 Å². The monoisotopic (exact) mass is 460 g/mol. The summed E-state index contributed by atoms with van der Waals surface area (Å²) in [7, 11) is -3.71. The van der Waals surface area contributed by atoms with E-state index in [-0.39, 0.29) is 21.8 Å². The quantitative estimate of drug-likeness (QED) is 0.630. The first-order valence-electron chi connectivity index (χ1n) is 8.96. The van der Waals surface area contributed by atoms with Gasteiger partial charge in [0.1, 0.15) is 6.07 Å². The molecule has 0 aliphatic rings. The third-order valence-corrected chi connectivity index (χ3v) is 5.46. The van der Waals surface area contributed by atoms with Crippen LogP contribution < -0.4 is 5.32 Å². The van der Waals surface area contributed by atoms with E-state index >= 15 is 0 Å². The Kier molecular flexibility index (Phi) is 6.00. The first kappa shape index (κ1) is 22.9. The van der Waals surface area contributed by atoms with E-state index in [0.717, 1.165) is 24.5 Å². The fourth-order valence-electron chi connectivity index (χ4n) is 2.91. The molecule has 0 aliphatic carbocycles. The molecule has 1 N–H and O–H groups in total. The summed E-state index contributed by atoms with van der Waals surface area (Å²) in [5, 5.41) is 11.4. The van der Waals surface area contributed by atoms with Gasteiger partial charge in [0.15, 0.2) is 14.9 Å². The van der Waals surface area contributed by atoms with Crippen LogP contribution in [0.4, 0.5) is 18.9 Å². The van der Waals surface area contributed by atoms with Gasteiger partial charge in [0.05, 0.1) is 23.0 Å². The summed E-state index contributed by atoms with van der Waals surface area (Å²) in [6, 6.07) is 8.63. The second kappa shape index (κ2) is 8.39. The van der Waals surface area contributed by atoms with Crippen LogP contribution in [0.1, 0.15) is 27.2 Å². The Bertz CT molecular complexity index is 1360. The van der Waals surface area contributed by atoms with Crippen LogP contribution in [-0.2, 0) is 16.0 Å². The standard InChI is InChI=1S/C21H15F3N4O3S/c1-12-18(15-6-14(9-25)20(27-10-15)32(2,30)31)8-17(11-26-12)28-19(29)13-4-3-5-16(7-13)21(22,23)24/h3-8,10-11H,1-2H3,(H,28,29). The van der Waals surface area contributed by atoms with Gasteiger partial charge < -0.3 is 5.32 Å². The van der Waals surface area contributed by atoms with Crippen molar-refractivity contribution in [3.63, 3.8) is 0 Å². The highest BCUT2D eigenvalue weighted by Crippen LogP contribution is 2.30. The summed E-state index contributed by atoms with van der Waals surface area (Å²) in [5.74, 6) is -0.768. The first-order valence-corrected chi connectivity index (χ1v) is 10.8. The molecule has 0 unspecified atom stereocenters. The number of aryl methyl sites for hydroxylation is 1. The Morgan fingerprint density at radius 1 is 1.12 bits per heavy atom. The van der Waals surface area contributed by atoms with Crippen molar-refractivity contribution in [2.45, 2.75) is 18.1 Å². The Hall–Kier alpha value is -3.78. The number of carbonyl (C=O) groups excluding carboxylic acids is 1. The lowest BCUT2D eigenvalue weighted by Crippen LogP contribution is -2.14. The van der Waals surface area contributed by atoms with E-state index in [1.165, 1.54) is 30.6 Å². The average Bonchev–Trinajstić information content (AvgIpc) is 2.73. The first-order chi connectivity index (χ1) is 14.9. The number of amides is 1. The molecule has 0 saturated heterocycles. The number of carbonyl (C=O) groups is 1. The molecule has 1 amide bonds. The molecule has 32 heavy (non-hydrogen) atoms. The zero-order chi connectivity index (χ0) is 23.7. The lowest BCUT2D eigenvalue weighted by molar-refractivity contribution is -0.137. The molecular formula is C21H15F3N4O3S. The van der Waals surface area contributed by atoms with Crippen molar-refractivity contribution in [3.8, 4) is 17.2 Å². The minimum absolute atomic E-state index is 0.150. The van der Waals surface area contributed by atoms with Gasteiger partial charge in [0, 0.05) is 34.8 Å². The summed E-state index contributed by atoms with van der Waals surface area (Å²) < 4.78 is 62.3. The Labute approximate surface area is 181 Å². The van der Waals surface area contributed by atoms with Crippen LogP contribution in [0.25, 0.3) is 11.1 Å². The summed E-state index contributed by atoms with van der Waals surface area (Å²) in [6.45, 7) is 1.66. The lowest BCUT2D eigenvalue weighted by Gasteiger charge is -2.12. The van der Waals surface area contributed by atoms with E-state index in [4.69, 9.17) is 0 Å². The normalized spacial score (nSPS) is 11.6. The number of benzene rings is 1. The number of anilines is 1. The maximum absolute atomic E-state index is 12.9. The minimum atomic E-state index is -4.58. The molecule has 11 heteroatoms. The van der Waals surface area contributed by atoms with E-state index in [2.05, 4.69) is 15.3 Å². The Balaban J connectivity index is 1.95. The van der Waals surface area contributed by atoms with Gasteiger partial charge in [-0.15, -0.1) is 0 Å². The van der Waals surface area contributed by atoms with Gasteiger partial charge in [-0.1, -0.05) is 6.07 Å². The van der Waals surface area contributed by atoms with Crippen molar-refractivity contribution in [3.05, 3.63) is 71.2 Å². The van der Waals surface area contributed by atoms with Gasteiger partial charge in [0.25, 0.3) is 5.91 Å². The van der Waals surface area contributed by atoms with E-state index in [1.54, 1.807) is 13.0 Å². The van der Waals surface area contributed by atoms with E-state index < -0.39 is 27.5 Å². The average molecular weight is 460 g/mol. The molecule has 3 aromatic rings. The van der Waals surface area contributed by atoms with Crippen molar-refractivity contribution in [1.82, 2.24) is 9.97 Å². The fraction of sp³-hybridized carbons (Fsp3) is 0.143. The molecular weight excluding hydrogens is 445 g/mol. The SMILES string of the molecule is Cc1ncc(NC(=O)c2cccc(C(F)(F)F)c2)cc1-c1cnc(S(C)(=O)=O)c(C#N)c1. The predicted octanol–water partition coefficient (Wildman–Crippen LogP) is 4.00. The molecule has 0 bridgehead atoms. The number of halogens is 3. The number of hydrogen-bond acceptors (Lipinski definition) is 6. The van der Waals surface area contributed by atoms with Crippen molar-refractivity contribution in [1.29, 1.82) is 5.26 Å². The van der Waals surface area contributed by atoms with Crippen LogP contribution in [-0.4, -0.2) is 30.5 Å². The number of nitrogens with zero attached hydrogens (tertiary/aromatic N) is 3. The molecule has 1 aromatic carbocycles. The third-order valence-electron chi connectivity index (χ3n) is 4.43. The van der Waals surface area contributed by atoms with Gasteiger partial charge >= 0.3 is 6.18 Å². The molecule has 7 nitrogen and oxygen atoms in total. The number of aromatic nitrogens is 2. The highest BCUT2D eigenvalue weighted by atomic mass is 32.2. The van der Waals surface area contributed by atoms with Crippen LogP contribution in [0.15, 0.2) is 53.8 Å². The number of nitriles is 1. The maximum atomic E-state index is 12.9. The smallest absolute Gasteiger partial charge is 0.321 e. The van der Waals surface area contributed by atoms with Gasteiger partial charge in [-0.25, -0.2) is 13.4 Å². The van der Waals surface area contributed by atoms with E-state index in [1.807, 2.05) is 0 Å². The highest BCUT2D eigenvalue weighted by molar-refractivity contribution is 7.90. The zero-order valence-corrected chi connectivity index (χ0v) is 17.5. The van der Waals surface area contributed by atoms with Crippen LogP contribution >= 0.6 is 0 Å². The second-order valence-corrected chi connectivity index (χ2v) is 8.78. The zero-order valence-electron chi connectivity index (χ0n) is 16.7. The number of hydrogen-bond donors (Lipinski definition) is 1. The number of alkyl halides is 3.